The normalized spacial score (nSPS) is 18.2. The van der Waals surface area contributed by atoms with Crippen molar-refractivity contribution in [1.82, 2.24) is 13.7 Å². The Kier molecular flexibility index (Phi) is 12.4. The van der Waals surface area contributed by atoms with Crippen LogP contribution in [-0.4, -0.2) is 66.9 Å². The van der Waals surface area contributed by atoms with Crippen LogP contribution in [0.4, 0.5) is 0 Å². The van der Waals surface area contributed by atoms with Crippen molar-refractivity contribution in [3.63, 3.8) is 0 Å². The Morgan fingerprint density at radius 2 is 0.655 bits per heavy atom. The summed E-state index contributed by atoms with van der Waals surface area (Å²) in [6.07, 6.45) is 6.77. The molecule has 0 amide bonds. The Morgan fingerprint density at radius 1 is 0.414 bits per heavy atom. The number of fused-ring (bicyclic) bond motifs is 3. The van der Waals surface area contributed by atoms with E-state index < -0.39 is 38.9 Å². The van der Waals surface area contributed by atoms with Crippen molar-refractivity contribution in [2.75, 3.05) is 0 Å². The van der Waals surface area contributed by atoms with Gasteiger partial charge in [0.1, 0.15) is 0 Å². The van der Waals surface area contributed by atoms with Gasteiger partial charge in [0, 0.05) is 0 Å². The van der Waals surface area contributed by atoms with Gasteiger partial charge in [-0.25, -0.2) is 0 Å². The fourth-order valence-corrected chi connectivity index (χ4v) is 19.9. The Hall–Kier alpha value is -2.31. The van der Waals surface area contributed by atoms with Crippen LogP contribution in [0.1, 0.15) is 104 Å². The third kappa shape index (κ3) is 7.75. The van der Waals surface area contributed by atoms with E-state index in [2.05, 4.69) is 209 Å². The minimum atomic E-state index is -3.08. The van der Waals surface area contributed by atoms with Crippen LogP contribution >= 0.6 is 0 Å². The number of rotatable bonds is 12. The second kappa shape index (κ2) is 15.9. The van der Waals surface area contributed by atoms with Gasteiger partial charge in [-0.2, -0.15) is 0 Å². The Balaban J connectivity index is 1.63. The fraction of sp³-hybridized carbons (Fsp3) is 0.500. The Bertz CT molecular complexity index is 2150. The van der Waals surface area contributed by atoms with E-state index in [9.17, 15) is 0 Å². The van der Waals surface area contributed by atoms with Gasteiger partial charge in [0.15, 0.2) is 0 Å². The van der Waals surface area contributed by atoms with Gasteiger partial charge in [0.05, 0.1) is 0 Å². The maximum atomic E-state index is 6.62. The van der Waals surface area contributed by atoms with E-state index in [0.29, 0.717) is 31.5 Å². The molecule has 0 spiro atoms. The molecule has 6 unspecified atom stereocenters. The molecule has 0 saturated carbocycles. The monoisotopic (exact) mass is 1030 g/mol. The first-order chi connectivity index (χ1) is 26.9. The molecule has 0 bridgehead atoms. The molecule has 6 nitrogen and oxygen atoms in total. The van der Waals surface area contributed by atoms with E-state index in [1.54, 1.807) is 0 Å². The van der Waals surface area contributed by atoms with Gasteiger partial charge in [0.25, 0.3) is 0 Å². The maximum absolute atomic E-state index is 6.62. The molecule has 6 aromatic rings. The zero-order valence-electron chi connectivity index (χ0n) is 38.9. The molecule has 6 atom stereocenters. The molecule has 314 valence electrons. The SMILES string of the molecule is CC(C(C)(C)C)C(C)(O[SiH3])n1ccc2cc[c]([Bi]([c]3ccc4ccn(C(C)(O[SiH3])C(C)C(C)(C)C)c4c3)[c]3ccc4ccn(C(C)(O[SiH3])C(C)C(C)(C)C)c4c3)cc21. The third-order valence-electron chi connectivity index (χ3n) is 14.8. The van der Waals surface area contributed by atoms with E-state index in [1.165, 1.54) is 42.5 Å². The Labute approximate surface area is 366 Å². The van der Waals surface area contributed by atoms with Crippen molar-refractivity contribution in [2.24, 2.45) is 34.0 Å². The molecule has 0 aliphatic carbocycles. The number of benzene rings is 3. The number of nitrogens with zero attached hydrogens (tertiary/aromatic N) is 3. The summed E-state index contributed by atoms with van der Waals surface area (Å²) in [5, 5.41) is 3.75. The topological polar surface area (TPSA) is 42.5 Å². The van der Waals surface area contributed by atoms with Crippen molar-refractivity contribution < 1.29 is 13.3 Å². The number of aromatic nitrogens is 3. The predicted octanol–water partition coefficient (Wildman–Crippen LogP) is 7.02. The first kappa shape index (κ1) is 45.2. The molecular weight excluding hydrogens is 960 g/mol. The van der Waals surface area contributed by atoms with Crippen LogP contribution in [0, 0.1) is 34.0 Å². The summed E-state index contributed by atoms with van der Waals surface area (Å²) in [4.78, 5) is 0. The van der Waals surface area contributed by atoms with Crippen LogP contribution in [0.25, 0.3) is 32.7 Å². The van der Waals surface area contributed by atoms with Gasteiger partial charge in [-0.05, 0) is 0 Å². The molecule has 0 N–H and O–H groups in total. The molecule has 10 heteroatoms. The molecule has 3 aromatic heterocycles. The van der Waals surface area contributed by atoms with Gasteiger partial charge in [0.2, 0.25) is 0 Å². The average Bonchev–Trinajstić information content (AvgIpc) is 3.92. The number of hydrogen-bond acceptors (Lipinski definition) is 3. The summed E-state index contributed by atoms with van der Waals surface area (Å²) >= 11 is -3.08. The summed E-state index contributed by atoms with van der Waals surface area (Å²) in [5.74, 6) is 0.842. The minimum absolute atomic E-state index is 0.0662. The Morgan fingerprint density at radius 3 is 0.862 bits per heavy atom. The summed E-state index contributed by atoms with van der Waals surface area (Å²) < 4.78 is 31.5. The van der Waals surface area contributed by atoms with Crippen molar-refractivity contribution in [3.8, 4) is 0 Å². The van der Waals surface area contributed by atoms with E-state index in [1.807, 2.05) is 0 Å². The summed E-state index contributed by atoms with van der Waals surface area (Å²) in [6, 6.07) is 28.7. The zero-order valence-corrected chi connectivity index (χ0v) is 48.4. The van der Waals surface area contributed by atoms with Gasteiger partial charge >= 0.3 is 369 Å². The van der Waals surface area contributed by atoms with Gasteiger partial charge in [-0.15, -0.1) is 0 Å². The second-order valence-electron chi connectivity index (χ2n) is 20.7. The third-order valence-corrected chi connectivity index (χ3v) is 26.5. The fourth-order valence-electron chi connectivity index (χ4n) is 9.24. The van der Waals surface area contributed by atoms with Crippen LogP contribution in [0.3, 0.4) is 0 Å². The number of hydrogen-bond donors (Lipinski definition) is 0. The van der Waals surface area contributed by atoms with Crippen molar-refractivity contribution >= 4 is 95.7 Å². The van der Waals surface area contributed by atoms with Crippen LogP contribution in [-0.2, 0) is 30.5 Å². The van der Waals surface area contributed by atoms with Crippen molar-refractivity contribution in [2.45, 2.75) is 121 Å². The second-order valence-corrected chi connectivity index (χ2v) is 30.5. The average molecular weight is 1030 g/mol. The van der Waals surface area contributed by atoms with Crippen molar-refractivity contribution in [1.29, 1.82) is 0 Å². The molecule has 0 saturated heterocycles. The van der Waals surface area contributed by atoms with Crippen LogP contribution in [0.15, 0.2) is 91.4 Å². The van der Waals surface area contributed by atoms with Crippen LogP contribution in [0.2, 0.25) is 0 Å². The first-order valence-corrected chi connectivity index (χ1v) is 28.8. The van der Waals surface area contributed by atoms with Gasteiger partial charge in [-0.1, -0.05) is 0 Å². The van der Waals surface area contributed by atoms with E-state index in [-0.39, 0.29) is 34.0 Å². The predicted molar refractivity (Wildman–Crippen MR) is 260 cm³/mol. The standard InChI is InChI=1S/3C16H24NOSi.Bi/c3*1-12(15(2,3)4)16(5,18-19)17-11-10-13-8-6-7-9-14(13)17;/h3*6,8-12H,1-5,19H3;. The van der Waals surface area contributed by atoms with Crippen LogP contribution < -0.4 is 9.81 Å². The zero-order chi connectivity index (χ0) is 43.0. The molecule has 6 rings (SSSR count). The molecule has 3 heterocycles. The first-order valence-electron chi connectivity index (χ1n) is 21.2. The van der Waals surface area contributed by atoms with Gasteiger partial charge in [-0.3, -0.25) is 0 Å². The summed E-state index contributed by atoms with van der Waals surface area (Å²) in [5.41, 5.74) is 2.52. The molecule has 0 aliphatic rings. The molecule has 3 aromatic carbocycles. The molecule has 0 radical (unpaired) electrons. The molecule has 0 fully saturated rings. The van der Waals surface area contributed by atoms with E-state index >= 15 is 0 Å². The summed E-state index contributed by atoms with van der Waals surface area (Å²) in [6.45, 7) is 34.9. The molecule has 0 aliphatic heterocycles. The van der Waals surface area contributed by atoms with E-state index in [0.717, 1.165) is 0 Å². The molecular formula is C48H72BiN3O3Si3. The van der Waals surface area contributed by atoms with Crippen molar-refractivity contribution in [3.05, 3.63) is 91.4 Å². The molecule has 58 heavy (non-hydrogen) atoms. The quantitative estimate of drug-likeness (QED) is 0.124. The van der Waals surface area contributed by atoms with Crippen LogP contribution in [0.5, 0.6) is 0 Å². The van der Waals surface area contributed by atoms with E-state index in [4.69, 9.17) is 13.3 Å². The summed E-state index contributed by atoms with van der Waals surface area (Å²) in [7, 11) is 1.94. The van der Waals surface area contributed by atoms with Gasteiger partial charge < -0.3 is 0 Å².